The summed E-state index contributed by atoms with van der Waals surface area (Å²) in [5.74, 6) is 0.851. The lowest BCUT2D eigenvalue weighted by molar-refractivity contribution is -0.132. The molecule has 0 radical (unpaired) electrons. The third-order valence-electron chi connectivity index (χ3n) is 5.53. The van der Waals surface area contributed by atoms with E-state index in [-0.39, 0.29) is 11.9 Å². The number of halogens is 1. The molecule has 0 spiro atoms. The van der Waals surface area contributed by atoms with Gasteiger partial charge in [-0.15, -0.1) is 0 Å². The van der Waals surface area contributed by atoms with Gasteiger partial charge in [0.05, 0.1) is 0 Å². The Labute approximate surface area is 144 Å². The number of carbonyl (C=O) groups is 1. The van der Waals surface area contributed by atoms with Gasteiger partial charge >= 0.3 is 0 Å². The van der Waals surface area contributed by atoms with E-state index in [0.717, 1.165) is 11.4 Å². The molecular weight excluding hydrogens is 308 g/mol. The Morgan fingerprint density at radius 1 is 1.26 bits per heavy atom. The fourth-order valence-corrected chi connectivity index (χ4v) is 4.20. The molecule has 1 aromatic rings. The first-order valence-corrected chi connectivity index (χ1v) is 9.15. The van der Waals surface area contributed by atoms with Crippen LogP contribution in [0.2, 0.25) is 5.02 Å². The van der Waals surface area contributed by atoms with Crippen LogP contribution in [-0.2, 0) is 11.2 Å². The Bertz CT molecular complexity index is 533. The van der Waals surface area contributed by atoms with Crippen molar-refractivity contribution in [3.63, 3.8) is 0 Å². The average molecular weight is 335 g/mol. The molecule has 1 amide bonds. The summed E-state index contributed by atoms with van der Waals surface area (Å²) in [7, 11) is 1.94. The van der Waals surface area contributed by atoms with Gasteiger partial charge in [-0.2, -0.15) is 0 Å². The van der Waals surface area contributed by atoms with Gasteiger partial charge in [-0.05, 0) is 62.6 Å². The molecule has 2 heterocycles. The summed E-state index contributed by atoms with van der Waals surface area (Å²) in [5, 5.41) is 4.40. The van der Waals surface area contributed by atoms with E-state index in [4.69, 9.17) is 11.6 Å². The molecule has 3 nitrogen and oxygen atoms in total. The quantitative estimate of drug-likeness (QED) is 0.891. The van der Waals surface area contributed by atoms with Crippen LogP contribution in [0.3, 0.4) is 0 Å². The number of rotatable bonds is 5. The molecule has 2 fully saturated rings. The van der Waals surface area contributed by atoms with Crippen LogP contribution in [-0.4, -0.2) is 36.0 Å². The van der Waals surface area contributed by atoms with Crippen LogP contribution < -0.4 is 5.32 Å². The van der Waals surface area contributed by atoms with Gasteiger partial charge in [-0.3, -0.25) is 4.79 Å². The molecular formula is C19H27ClN2O. The highest BCUT2D eigenvalue weighted by molar-refractivity contribution is 6.30. The third kappa shape index (κ3) is 4.27. The van der Waals surface area contributed by atoms with Crippen molar-refractivity contribution < 1.29 is 4.79 Å². The number of fused-ring (bicyclic) bond motifs is 2. The number of nitrogens with one attached hydrogen (secondary N) is 1. The summed E-state index contributed by atoms with van der Waals surface area (Å²) >= 11 is 5.93. The maximum atomic E-state index is 12.6. The predicted molar refractivity (Wildman–Crippen MR) is 94.7 cm³/mol. The van der Waals surface area contributed by atoms with Crippen molar-refractivity contribution in [1.29, 1.82) is 0 Å². The molecule has 23 heavy (non-hydrogen) atoms. The number of amides is 1. The SMILES string of the molecule is CC(Cc1ccc(Cl)cc1)N(C)C(=O)CC1CC2CCC(C1)N2. The van der Waals surface area contributed by atoms with Crippen molar-refractivity contribution in [2.45, 2.75) is 63.6 Å². The van der Waals surface area contributed by atoms with Crippen LogP contribution in [0.5, 0.6) is 0 Å². The molecule has 0 aliphatic carbocycles. The van der Waals surface area contributed by atoms with Crippen LogP contribution in [0.15, 0.2) is 24.3 Å². The van der Waals surface area contributed by atoms with Crippen LogP contribution in [0.25, 0.3) is 0 Å². The van der Waals surface area contributed by atoms with E-state index < -0.39 is 0 Å². The summed E-state index contributed by atoms with van der Waals surface area (Å²) in [5.41, 5.74) is 1.22. The van der Waals surface area contributed by atoms with Crippen molar-refractivity contribution in [2.24, 2.45) is 5.92 Å². The molecule has 4 heteroatoms. The molecule has 126 valence electrons. The third-order valence-corrected chi connectivity index (χ3v) is 5.78. The highest BCUT2D eigenvalue weighted by Crippen LogP contribution is 2.33. The Morgan fingerprint density at radius 2 is 1.87 bits per heavy atom. The van der Waals surface area contributed by atoms with Crippen molar-refractivity contribution in [3.8, 4) is 0 Å². The number of nitrogens with zero attached hydrogens (tertiary/aromatic N) is 1. The normalized spacial score (nSPS) is 27.7. The van der Waals surface area contributed by atoms with Gasteiger partial charge in [0.25, 0.3) is 0 Å². The molecule has 1 N–H and O–H groups in total. The number of hydrogen-bond donors (Lipinski definition) is 1. The van der Waals surface area contributed by atoms with Crippen molar-refractivity contribution in [2.75, 3.05) is 7.05 Å². The molecule has 3 atom stereocenters. The van der Waals surface area contributed by atoms with Crippen LogP contribution in [0.4, 0.5) is 0 Å². The van der Waals surface area contributed by atoms with Crippen LogP contribution >= 0.6 is 11.6 Å². The zero-order valence-electron chi connectivity index (χ0n) is 14.1. The zero-order chi connectivity index (χ0) is 16.4. The van der Waals surface area contributed by atoms with Crippen molar-refractivity contribution >= 4 is 17.5 Å². The van der Waals surface area contributed by atoms with E-state index >= 15 is 0 Å². The van der Waals surface area contributed by atoms with Gasteiger partial charge in [-0.25, -0.2) is 0 Å². The smallest absolute Gasteiger partial charge is 0.222 e. The van der Waals surface area contributed by atoms with E-state index in [1.165, 1.54) is 31.2 Å². The lowest BCUT2D eigenvalue weighted by Crippen LogP contribution is -2.41. The fourth-order valence-electron chi connectivity index (χ4n) is 4.08. The molecule has 2 bridgehead atoms. The number of piperidine rings is 1. The molecule has 1 aromatic carbocycles. The van der Waals surface area contributed by atoms with Crippen LogP contribution in [0, 0.1) is 5.92 Å². The van der Waals surface area contributed by atoms with Gasteiger partial charge in [0.2, 0.25) is 5.91 Å². The zero-order valence-corrected chi connectivity index (χ0v) is 14.9. The second-order valence-corrected chi connectivity index (χ2v) is 7.80. The molecule has 0 aromatic heterocycles. The van der Waals surface area contributed by atoms with Gasteiger partial charge < -0.3 is 10.2 Å². The Balaban J connectivity index is 1.51. The molecule has 2 aliphatic rings. The second kappa shape index (κ2) is 7.23. The number of hydrogen-bond acceptors (Lipinski definition) is 2. The molecule has 2 aliphatic heterocycles. The topological polar surface area (TPSA) is 32.3 Å². The van der Waals surface area contributed by atoms with Gasteiger partial charge in [0.15, 0.2) is 0 Å². The van der Waals surface area contributed by atoms with E-state index in [1.807, 2.05) is 36.2 Å². The van der Waals surface area contributed by atoms with E-state index in [0.29, 0.717) is 24.4 Å². The van der Waals surface area contributed by atoms with Gasteiger partial charge in [0, 0.05) is 36.6 Å². The summed E-state index contributed by atoms with van der Waals surface area (Å²) < 4.78 is 0. The summed E-state index contributed by atoms with van der Waals surface area (Å²) in [6.07, 6.45) is 6.49. The summed E-state index contributed by atoms with van der Waals surface area (Å²) in [6.45, 7) is 2.12. The van der Waals surface area contributed by atoms with E-state index in [2.05, 4.69) is 12.2 Å². The number of carbonyl (C=O) groups excluding carboxylic acids is 1. The highest BCUT2D eigenvalue weighted by atomic mass is 35.5. The summed E-state index contributed by atoms with van der Waals surface area (Å²) in [4.78, 5) is 14.5. The standard InChI is InChI=1S/C19H27ClN2O/c1-13(9-14-3-5-16(20)6-4-14)22(2)19(23)12-15-10-17-7-8-18(11-15)21-17/h3-6,13,15,17-18,21H,7-12H2,1-2H3. The van der Waals surface area contributed by atoms with E-state index in [1.54, 1.807) is 0 Å². The number of likely N-dealkylation sites (N-methyl/N-ethyl adjacent to an activating group) is 1. The molecule has 3 rings (SSSR count). The lowest BCUT2D eigenvalue weighted by Gasteiger charge is -2.31. The molecule has 3 unspecified atom stereocenters. The maximum absolute atomic E-state index is 12.6. The minimum Gasteiger partial charge on any atom is -0.343 e. The minimum absolute atomic E-state index is 0.210. The Morgan fingerprint density at radius 3 is 2.48 bits per heavy atom. The summed E-state index contributed by atoms with van der Waals surface area (Å²) in [6, 6.07) is 9.43. The monoisotopic (exact) mass is 334 g/mol. The first-order valence-electron chi connectivity index (χ1n) is 8.77. The first kappa shape index (κ1) is 16.8. The van der Waals surface area contributed by atoms with Crippen molar-refractivity contribution in [3.05, 3.63) is 34.9 Å². The lowest BCUT2D eigenvalue weighted by atomic mass is 9.89. The van der Waals surface area contributed by atoms with Gasteiger partial charge in [0.1, 0.15) is 0 Å². The fraction of sp³-hybridized carbons (Fsp3) is 0.632. The Hall–Kier alpha value is -1.06. The average Bonchev–Trinajstić information content (AvgIpc) is 2.87. The number of benzene rings is 1. The Kier molecular flexibility index (Phi) is 5.27. The van der Waals surface area contributed by atoms with Crippen LogP contribution in [0.1, 0.15) is 44.6 Å². The van der Waals surface area contributed by atoms with Crippen molar-refractivity contribution in [1.82, 2.24) is 10.2 Å². The largest absolute Gasteiger partial charge is 0.343 e. The molecule has 0 saturated carbocycles. The first-order chi connectivity index (χ1) is 11.0. The molecule has 2 saturated heterocycles. The second-order valence-electron chi connectivity index (χ2n) is 7.36. The highest BCUT2D eigenvalue weighted by Gasteiger charge is 2.34. The van der Waals surface area contributed by atoms with Gasteiger partial charge in [-0.1, -0.05) is 23.7 Å². The minimum atomic E-state index is 0.210. The maximum Gasteiger partial charge on any atom is 0.222 e. The predicted octanol–water partition coefficient (Wildman–Crippen LogP) is 3.65. The van der Waals surface area contributed by atoms with E-state index in [9.17, 15) is 4.79 Å².